The summed E-state index contributed by atoms with van der Waals surface area (Å²) in [4.78, 5) is 0. The molecule has 0 aromatic heterocycles. The van der Waals surface area contributed by atoms with Crippen LogP contribution in [0.3, 0.4) is 0 Å². The van der Waals surface area contributed by atoms with Gasteiger partial charge in [0.25, 0.3) is 0 Å². The van der Waals surface area contributed by atoms with Crippen molar-refractivity contribution in [3.05, 3.63) is 62.9 Å². The zero-order valence-corrected chi connectivity index (χ0v) is 13.1. The summed E-state index contributed by atoms with van der Waals surface area (Å²) in [5.41, 5.74) is 9.79. The number of benzene rings is 2. The first-order valence-electron chi connectivity index (χ1n) is 6.38. The van der Waals surface area contributed by atoms with Crippen molar-refractivity contribution in [3.8, 4) is 5.75 Å². The Balaban J connectivity index is 2.16. The van der Waals surface area contributed by atoms with Gasteiger partial charge in [-0.2, -0.15) is 0 Å². The lowest BCUT2D eigenvalue weighted by molar-refractivity contribution is 0.301. The molecule has 2 aromatic rings. The fraction of sp³-hybridized carbons (Fsp3) is 0.250. The fourth-order valence-corrected chi connectivity index (χ4v) is 2.60. The Morgan fingerprint density at radius 1 is 1.10 bits per heavy atom. The maximum absolute atomic E-state index is 13.2. The third-order valence-electron chi connectivity index (χ3n) is 3.12. The Kier molecular flexibility index (Phi) is 4.78. The van der Waals surface area contributed by atoms with Crippen molar-refractivity contribution in [3.63, 3.8) is 0 Å². The number of hydrogen-bond donors (Lipinski definition) is 1. The SMILES string of the molecule is Cc1cc(CN)cc(C)c1OCc1ccc(F)c(Br)c1. The lowest BCUT2D eigenvalue weighted by Crippen LogP contribution is -2.02. The molecule has 2 nitrogen and oxygen atoms in total. The summed E-state index contributed by atoms with van der Waals surface area (Å²) in [6.45, 7) is 4.93. The van der Waals surface area contributed by atoms with Crippen LogP contribution in [0.2, 0.25) is 0 Å². The number of hydrogen-bond acceptors (Lipinski definition) is 2. The molecule has 0 heterocycles. The van der Waals surface area contributed by atoms with Gasteiger partial charge in [0.1, 0.15) is 18.2 Å². The lowest BCUT2D eigenvalue weighted by atomic mass is 10.1. The van der Waals surface area contributed by atoms with Crippen molar-refractivity contribution in [2.45, 2.75) is 27.0 Å². The van der Waals surface area contributed by atoms with Crippen LogP contribution in [-0.2, 0) is 13.2 Å². The highest BCUT2D eigenvalue weighted by molar-refractivity contribution is 9.10. The van der Waals surface area contributed by atoms with E-state index in [1.54, 1.807) is 12.1 Å². The van der Waals surface area contributed by atoms with Crippen LogP contribution in [0.15, 0.2) is 34.8 Å². The average molecular weight is 338 g/mol. The standard InChI is InChI=1S/C16H17BrFNO/c1-10-5-13(8-19)6-11(2)16(10)20-9-12-3-4-15(18)14(17)7-12/h3-7H,8-9,19H2,1-2H3. The van der Waals surface area contributed by atoms with Crippen LogP contribution >= 0.6 is 15.9 Å². The molecule has 0 saturated carbocycles. The third kappa shape index (κ3) is 3.38. The molecule has 0 fully saturated rings. The van der Waals surface area contributed by atoms with Gasteiger partial charge in [-0.25, -0.2) is 4.39 Å². The number of aryl methyl sites for hydroxylation is 2. The van der Waals surface area contributed by atoms with Gasteiger partial charge in [-0.15, -0.1) is 0 Å². The van der Waals surface area contributed by atoms with Crippen LogP contribution in [0, 0.1) is 19.7 Å². The Bertz CT molecular complexity index is 605. The second kappa shape index (κ2) is 6.37. The minimum absolute atomic E-state index is 0.270. The van der Waals surface area contributed by atoms with Crippen LogP contribution in [0.5, 0.6) is 5.75 Å². The maximum atomic E-state index is 13.2. The summed E-state index contributed by atoms with van der Waals surface area (Å²) < 4.78 is 19.5. The molecule has 0 amide bonds. The molecule has 0 aliphatic rings. The highest BCUT2D eigenvalue weighted by Crippen LogP contribution is 2.26. The molecule has 4 heteroatoms. The predicted octanol–water partition coefficient (Wildman–Crippen LogP) is 4.24. The quantitative estimate of drug-likeness (QED) is 0.905. The first kappa shape index (κ1) is 15.0. The summed E-state index contributed by atoms with van der Waals surface area (Å²) in [6, 6.07) is 8.94. The molecule has 2 aromatic carbocycles. The van der Waals surface area contributed by atoms with Gasteiger partial charge in [-0.1, -0.05) is 18.2 Å². The van der Waals surface area contributed by atoms with Gasteiger partial charge < -0.3 is 10.5 Å². The topological polar surface area (TPSA) is 35.2 Å². The molecule has 0 unspecified atom stereocenters. The Morgan fingerprint density at radius 2 is 1.75 bits per heavy atom. The lowest BCUT2D eigenvalue weighted by Gasteiger charge is -2.14. The predicted molar refractivity (Wildman–Crippen MR) is 82.2 cm³/mol. The Morgan fingerprint density at radius 3 is 2.30 bits per heavy atom. The molecule has 106 valence electrons. The summed E-state index contributed by atoms with van der Waals surface area (Å²) in [7, 11) is 0. The summed E-state index contributed by atoms with van der Waals surface area (Å²) in [6.07, 6.45) is 0. The minimum atomic E-state index is -0.270. The molecular formula is C16H17BrFNO. The Labute approximate surface area is 126 Å². The monoisotopic (exact) mass is 337 g/mol. The number of halogens is 2. The van der Waals surface area contributed by atoms with E-state index in [0.717, 1.165) is 28.0 Å². The number of ether oxygens (including phenoxy) is 1. The molecule has 0 saturated heterocycles. The van der Waals surface area contributed by atoms with E-state index in [2.05, 4.69) is 15.9 Å². The van der Waals surface area contributed by atoms with Crippen molar-refractivity contribution in [2.75, 3.05) is 0 Å². The first-order chi connectivity index (χ1) is 9.51. The maximum Gasteiger partial charge on any atom is 0.137 e. The van der Waals surface area contributed by atoms with Gasteiger partial charge in [-0.3, -0.25) is 0 Å². The van der Waals surface area contributed by atoms with Crippen molar-refractivity contribution in [2.24, 2.45) is 5.73 Å². The highest BCUT2D eigenvalue weighted by atomic mass is 79.9. The molecule has 0 bridgehead atoms. The molecular weight excluding hydrogens is 321 g/mol. The van der Waals surface area contributed by atoms with E-state index in [-0.39, 0.29) is 5.82 Å². The van der Waals surface area contributed by atoms with Crippen molar-refractivity contribution >= 4 is 15.9 Å². The van der Waals surface area contributed by atoms with E-state index in [4.69, 9.17) is 10.5 Å². The number of nitrogens with two attached hydrogens (primary N) is 1. The van der Waals surface area contributed by atoms with Crippen LogP contribution < -0.4 is 10.5 Å². The minimum Gasteiger partial charge on any atom is -0.488 e. The largest absolute Gasteiger partial charge is 0.488 e. The van der Waals surface area contributed by atoms with Gasteiger partial charge in [0.15, 0.2) is 0 Å². The average Bonchev–Trinajstić information content (AvgIpc) is 2.41. The highest BCUT2D eigenvalue weighted by Gasteiger charge is 2.07. The first-order valence-corrected chi connectivity index (χ1v) is 7.17. The summed E-state index contributed by atoms with van der Waals surface area (Å²) in [5.74, 6) is 0.594. The molecule has 0 spiro atoms. The van der Waals surface area contributed by atoms with Gasteiger partial charge in [0, 0.05) is 6.54 Å². The van der Waals surface area contributed by atoms with Gasteiger partial charge in [-0.05, 0) is 64.2 Å². The molecule has 0 radical (unpaired) electrons. The smallest absolute Gasteiger partial charge is 0.137 e. The van der Waals surface area contributed by atoms with E-state index in [0.29, 0.717) is 17.6 Å². The van der Waals surface area contributed by atoms with E-state index < -0.39 is 0 Å². The summed E-state index contributed by atoms with van der Waals surface area (Å²) in [5, 5.41) is 0. The van der Waals surface area contributed by atoms with E-state index in [1.165, 1.54) is 6.07 Å². The van der Waals surface area contributed by atoms with Crippen molar-refractivity contribution in [1.29, 1.82) is 0 Å². The van der Waals surface area contributed by atoms with Gasteiger partial charge in [0.05, 0.1) is 4.47 Å². The Hall–Kier alpha value is -1.39. The van der Waals surface area contributed by atoms with Crippen LogP contribution in [-0.4, -0.2) is 0 Å². The second-order valence-electron chi connectivity index (χ2n) is 4.80. The summed E-state index contributed by atoms with van der Waals surface area (Å²) >= 11 is 3.18. The van der Waals surface area contributed by atoms with E-state index in [9.17, 15) is 4.39 Å². The third-order valence-corrected chi connectivity index (χ3v) is 3.73. The van der Waals surface area contributed by atoms with Gasteiger partial charge >= 0.3 is 0 Å². The molecule has 20 heavy (non-hydrogen) atoms. The second-order valence-corrected chi connectivity index (χ2v) is 5.65. The van der Waals surface area contributed by atoms with Crippen molar-refractivity contribution in [1.82, 2.24) is 0 Å². The molecule has 0 atom stereocenters. The van der Waals surface area contributed by atoms with Crippen LogP contribution in [0.4, 0.5) is 4.39 Å². The van der Waals surface area contributed by atoms with Gasteiger partial charge in [0.2, 0.25) is 0 Å². The fourth-order valence-electron chi connectivity index (χ4n) is 2.17. The molecule has 2 N–H and O–H groups in total. The number of rotatable bonds is 4. The molecule has 0 aliphatic carbocycles. The molecule has 0 aliphatic heterocycles. The van der Waals surface area contributed by atoms with E-state index >= 15 is 0 Å². The van der Waals surface area contributed by atoms with Crippen LogP contribution in [0.1, 0.15) is 22.3 Å². The normalized spacial score (nSPS) is 10.7. The zero-order chi connectivity index (χ0) is 14.7. The van der Waals surface area contributed by atoms with Crippen LogP contribution in [0.25, 0.3) is 0 Å². The van der Waals surface area contributed by atoms with Crippen molar-refractivity contribution < 1.29 is 9.13 Å². The zero-order valence-electron chi connectivity index (χ0n) is 11.5. The van der Waals surface area contributed by atoms with E-state index in [1.807, 2.05) is 26.0 Å². The molecule has 2 rings (SSSR count).